The third-order valence-electron chi connectivity index (χ3n) is 4.55. The Morgan fingerprint density at radius 3 is 2.35 bits per heavy atom. The fourth-order valence-corrected chi connectivity index (χ4v) is 3.34. The topological polar surface area (TPSA) is 23.5 Å². The van der Waals surface area contributed by atoms with Crippen molar-refractivity contribution in [2.75, 3.05) is 13.1 Å². The minimum Gasteiger partial charge on any atom is -0.393 e. The third kappa shape index (κ3) is 3.97. The van der Waals surface area contributed by atoms with Gasteiger partial charge in [0, 0.05) is 24.2 Å². The molecule has 112 valence electrons. The molecular weight excluding hydrogens is 270 g/mol. The Morgan fingerprint density at radius 2 is 1.80 bits per heavy atom. The Morgan fingerprint density at radius 1 is 1.25 bits per heavy atom. The van der Waals surface area contributed by atoms with Crippen LogP contribution in [0.1, 0.15) is 45.6 Å². The second kappa shape index (κ2) is 6.46. The van der Waals surface area contributed by atoms with Crippen LogP contribution in [0.25, 0.3) is 0 Å². The van der Waals surface area contributed by atoms with Crippen molar-refractivity contribution in [2.24, 2.45) is 0 Å². The van der Waals surface area contributed by atoms with Gasteiger partial charge in [0.15, 0.2) is 0 Å². The normalized spacial score (nSPS) is 20.1. The molecule has 1 aromatic rings. The lowest BCUT2D eigenvalue weighted by molar-refractivity contribution is 0.0580. The minimum atomic E-state index is -0.0947. The van der Waals surface area contributed by atoms with Crippen molar-refractivity contribution in [3.05, 3.63) is 34.9 Å². The van der Waals surface area contributed by atoms with E-state index < -0.39 is 0 Å². The molecule has 0 bridgehead atoms. The average molecular weight is 296 g/mol. The molecule has 1 atom stereocenters. The summed E-state index contributed by atoms with van der Waals surface area (Å²) < 4.78 is 0. The van der Waals surface area contributed by atoms with Crippen LogP contribution in [0.5, 0.6) is 0 Å². The first kappa shape index (κ1) is 15.8. The summed E-state index contributed by atoms with van der Waals surface area (Å²) in [6.45, 7) is 8.92. The van der Waals surface area contributed by atoms with E-state index >= 15 is 0 Å². The second-order valence-electron chi connectivity index (χ2n) is 6.71. The van der Waals surface area contributed by atoms with E-state index in [0.717, 1.165) is 37.4 Å². The van der Waals surface area contributed by atoms with Gasteiger partial charge >= 0.3 is 0 Å². The van der Waals surface area contributed by atoms with Gasteiger partial charge in [-0.3, -0.25) is 0 Å². The van der Waals surface area contributed by atoms with E-state index in [1.807, 2.05) is 12.1 Å². The molecule has 0 aliphatic carbocycles. The Hall–Kier alpha value is -0.570. The first-order chi connectivity index (χ1) is 9.38. The van der Waals surface area contributed by atoms with E-state index in [0.29, 0.717) is 6.04 Å². The SMILES string of the molecule is CC(CC(C)(C)c1ccc(Cl)cc1)N1CCC(O)CC1. The molecule has 2 rings (SSSR count). The lowest BCUT2D eigenvalue weighted by atomic mass is 9.79. The zero-order valence-electron chi connectivity index (χ0n) is 12.8. The molecule has 1 fully saturated rings. The van der Waals surface area contributed by atoms with Gasteiger partial charge in [0.2, 0.25) is 0 Å². The highest BCUT2D eigenvalue weighted by Gasteiger charge is 2.28. The van der Waals surface area contributed by atoms with E-state index in [4.69, 9.17) is 11.6 Å². The highest BCUT2D eigenvalue weighted by atomic mass is 35.5. The quantitative estimate of drug-likeness (QED) is 0.912. The molecule has 0 aromatic heterocycles. The van der Waals surface area contributed by atoms with Crippen molar-refractivity contribution in [2.45, 2.75) is 57.6 Å². The summed E-state index contributed by atoms with van der Waals surface area (Å²) >= 11 is 5.97. The van der Waals surface area contributed by atoms with Gasteiger partial charge < -0.3 is 10.0 Å². The molecule has 1 heterocycles. The number of nitrogens with zero attached hydrogens (tertiary/aromatic N) is 1. The summed E-state index contributed by atoms with van der Waals surface area (Å²) in [5, 5.41) is 10.4. The fraction of sp³-hybridized carbons (Fsp3) is 0.647. The van der Waals surface area contributed by atoms with Crippen LogP contribution < -0.4 is 0 Å². The largest absolute Gasteiger partial charge is 0.393 e. The summed E-state index contributed by atoms with van der Waals surface area (Å²) in [6.07, 6.45) is 2.84. The first-order valence-electron chi connectivity index (χ1n) is 7.56. The highest BCUT2D eigenvalue weighted by Crippen LogP contribution is 2.31. The van der Waals surface area contributed by atoms with Gasteiger partial charge in [0.25, 0.3) is 0 Å². The Bertz CT molecular complexity index is 421. The van der Waals surface area contributed by atoms with E-state index in [1.165, 1.54) is 5.56 Å². The highest BCUT2D eigenvalue weighted by molar-refractivity contribution is 6.30. The molecule has 1 N–H and O–H groups in total. The summed E-state index contributed by atoms with van der Waals surface area (Å²) in [6, 6.07) is 8.75. The van der Waals surface area contributed by atoms with Gasteiger partial charge in [0.1, 0.15) is 0 Å². The van der Waals surface area contributed by atoms with Crippen LogP contribution in [-0.4, -0.2) is 35.2 Å². The first-order valence-corrected chi connectivity index (χ1v) is 7.94. The number of benzene rings is 1. The van der Waals surface area contributed by atoms with E-state index in [9.17, 15) is 5.11 Å². The molecule has 1 saturated heterocycles. The summed E-state index contributed by atoms with van der Waals surface area (Å²) in [5.74, 6) is 0. The minimum absolute atomic E-state index is 0.0947. The molecule has 1 unspecified atom stereocenters. The number of likely N-dealkylation sites (tertiary alicyclic amines) is 1. The predicted octanol–water partition coefficient (Wildman–Crippen LogP) is 3.85. The van der Waals surface area contributed by atoms with Crippen molar-refractivity contribution in [1.29, 1.82) is 0 Å². The van der Waals surface area contributed by atoms with Gasteiger partial charge in [-0.25, -0.2) is 0 Å². The summed E-state index contributed by atoms with van der Waals surface area (Å²) in [4.78, 5) is 2.50. The molecule has 1 aliphatic heterocycles. The van der Waals surface area contributed by atoms with Gasteiger partial charge in [-0.2, -0.15) is 0 Å². The monoisotopic (exact) mass is 295 g/mol. The van der Waals surface area contributed by atoms with Crippen LogP contribution in [0.2, 0.25) is 5.02 Å². The molecule has 0 spiro atoms. The van der Waals surface area contributed by atoms with Crippen molar-refractivity contribution in [3.8, 4) is 0 Å². The molecule has 0 amide bonds. The van der Waals surface area contributed by atoms with Gasteiger partial charge in [-0.15, -0.1) is 0 Å². The maximum Gasteiger partial charge on any atom is 0.0564 e. The number of halogens is 1. The number of hydrogen-bond donors (Lipinski definition) is 1. The maximum absolute atomic E-state index is 9.61. The molecular formula is C17H26ClNO. The number of aliphatic hydroxyl groups excluding tert-OH is 1. The van der Waals surface area contributed by atoms with Gasteiger partial charge in [0.05, 0.1) is 6.10 Å². The van der Waals surface area contributed by atoms with Crippen molar-refractivity contribution < 1.29 is 5.11 Å². The Labute approximate surface area is 127 Å². The fourth-order valence-electron chi connectivity index (χ4n) is 3.21. The van der Waals surface area contributed by atoms with Crippen LogP contribution in [0.15, 0.2) is 24.3 Å². The zero-order chi connectivity index (χ0) is 14.8. The standard InChI is InChI=1S/C17H26ClNO/c1-13(19-10-8-16(20)9-11-19)12-17(2,3)14-4-6-15(18)7-5-14/h4-7,13,16,20H,8-12H2,1-3H3. The second-order valence-corrected chi connectivity index (χ2v) is 7.15. The lowest BCUT2D eigenvalue weighted by Crippen LogP contribution is -2.43. The molecule has 1 aliphatic rings. The summed E-state index contributed by atoms with van der Waals surface area (Å²) in [7, 11) is 0. The molecule has 0 saturated carbocycles. The van der Waals surface area contributed by atoms with Crippen molar-refractivity contribution in [1.82, 2.24) is 4.90 Å². The van der Waals surface area contributed by atoms with Crippen LogP contribution >= 0.6 is 11.6 Å². The van der Waals surface area contributed by atoms with Crippen LogP contribution in [0, 0.1) is 0 Å². The molecule has 1 aromatic carbocycles. The zero-order valence-corrected chi connectivity index (χ0v) is 13.5. The van der Waals surface area contributed by atoms with E-state index in [2.05, 4.69) is 37.8 Å². The molecule has 2 nitrogen and oxygen atoms in total. The number of rotatable bonds is 4. The Balaban J connectivity index is 1.98. The third-order valence-corrected chi connectivity index (χ3v) is 4.81. The van der Waals surface area contributed by atoms with Crippen LogP contribution in [0.4, 0.5) is 0 Å². The summed E-state index contributed by atoms with van der Waals surface area (Å²) in [5.41, 5.74) is 1.48. The van der Waals surface area contributed by atoms with Crippen LogP contribution in [-0.2, 0) is 5.41 Å². The average Bonchev–Trinajstić information content (AvgIpc) is 2.39. The molecule has 20 heavy (non-hydrogen) atoms. The molecule has 0 radical (unpaired) electrons. The van der Waals surface area contributed by atoms with Crippen molar-refractivity contribution in [3.63, 3.8) is 0 Å². The maximum atomic E-state index is 9.61. The number of piperidine rings is 1. The number of aliphatic hydroxyl groups is 1. The molecule has 3 heteroatoms. The van der Waals surface area contributed by atoms with Crippen LogP contribution in [0.3, 0.4) is 0 Å². The smallest absolute Gasteiger partial charge is 0.0564 e. The van der Waals surface area contributed by atoms with Gasteiger partial charge in [-0.1, -0.05) is 37.6 Å². The number of hydrogen-bond acceptors (Lipinski definition) is 2. The van der Waals surface area contributed by atoms with Gasteiger partial charge in [-0.05, 0) is 49.3 Å². The van der Waals surface area contributed by atoms with E-state index in [1.54, 1.807) is 0 Å². The van der Waals surface area contributed by atoms with Crippen molar-refractivity contribution >= 4 is 11.6 Å². The lowest BCUT2D eigenvalue weighted by Gasteiger charge is -2.38. The predicted molar refractivity (Wildman–Crippen MR) is 85.4 cm³/mol. The Kier molecular flexibility index (Phi) is 5.11. The van der Waals surface area contributed by atoms with E-state index in [-0.39, 0.29) is 11.5 Å².